The lowest BCUT2D eigenvalue weighted by atomic mass is 9.98. The number of allylic oxidation sites excluding steroid dienone is 2. The molecule has 1 aromatic rings. The molecule has 2 heterocycles. The van der Waals surface area contributed by atoms with E-state index in [4.69, 9.17) is 4.74 Å². The minimum absolute atomic E-state index is 0.0973. The van der Waals surface area contributed by atoms with E-state index in [-0.39, 0.29) is 23.4 Å². The predicted molar refractivity (Wildman–Crippen MR) is 95.4 cm³/mol. The van der Waals surface area contributed by atoms with Gasteiger partial charge in [0.15, 0.2) is 0 Å². The van der Waals surface area contributed by atoms with Crippen molar-refractivity contribution in [2.45, 2.75) is 44.8 Å². The van der Waals surface area contributed by atoms with E-state index in [1.165, 1.54) is 6.07 Å². The van der Waals surface area contributed by atoms with Crippen molar-refractivity contribution in [3.05, 3.63) is 34.3 Å². The van der Waals surface area contributed by atoms with Gasteiger partial charge in [-0.25, -0.2) is 4.98 Å². The van der Waals surface area contributed by atoms with Crippen molar-refractivity contribution in [3.8, 4) is 0 Å². The molecule has 1 fully saturated rings. The van der Waals surface area contributed by atoms with Crippen LogP contribution in [-0.4, -0.2) is 42.1 Å². The van der Waals surface area contributed by atoms with Crippen molar-refractivity contribution in [3.63, 3.8) is 0 Å². The normalized spacial score (nSPS) is 21.3. The van der Waals surface area contributed by atoms with Crippen LogP contribution in [0, 0.1) is 5.92 Å². The molecule has 3 rings (SSSR count). The van der Waals surface area contributed by atoms with Crippen LogP contribution in [0.3, 0.4) is 0 Å². The van der Waals surface area contributed by atoms with Gasteiger partial charge >= 0.3 is 0 Å². The Balaban J connectivity index is 1.58. The molecular formula is C18H26N4O3. The molecule has 1 unspecified atom stereocenters. The highest BCUT2D eigenvalue weighted by atomic mass is 16.5. The standard InChI is InChI=1S/C18H26N4O3/c1-25-12-15-10-16(23)21-18(20-15)22-9-8-14(11-22)19-17(24)13-6-4-2-3-5-7-13/h2-3,10,13-14H,4-9,11-12H2,1H3,(H,19,24)(H,20,21,23). The van der Waals surface area contributed by atoms with Crippen molar-refractivity contribution in [2.75, 3.05) is 25.1 Å². The Morgan fingerprint density at radius 2 is 2.12 bits per heavy atom. The van der Waals surface area contributed by atoms with Gasteiger partial charge in [-0.1, -0.05) is 12.2 Å². The van der Waals surface area contributed by atoms with Gasteiger partial charge in [0.2, 0.25) is 11.9 Å². The van der Waals surface area contributed by atoms with Gasteiger partial charge < -0.3 is 15.0 Å². The van der Waals surface area contributed by atoms with E-state index < -0.39 is 0 Å². The third-order valence-electron chi connectivity index (χ3n) is 4.81. The van der Waals surface area contributed by atoms with Crippen molar-refractivity contribution in [2.24, 2.45) is 5.92 Å². The number of hydrogen-bond acceptors (Lipinski definition) is 5. The molecule has 2 N–H and O–H groups in total. The molecular weight excluding hydrogens is 320 g/mol. The molecule has 7 nitrogen and oxygen atoms in total. The Kier molecular flexibility index (Phi) is 5.86. The van der Waals surface area contributed by atoms with Crippen LogP contribution in [0.1, 0.15) is 37.8 Å². The highest BCUT2D eigenvalue weighted by molar-refractivity contribution is 5.79. The second kappa shape index (κ2) is 8.29. The first-order valence-electron chi connectivity index (χ1n) is 8.95. The molecule has 1 aromatic heterocycles. The maximum atomic E-state index is 12.5. The molecule has 25 heavy (non-hydrogen) atoms. The van der Waals surface area contributed by atoms with Crippen LogP contribution in [-0.2, 0) is 16.1 Å². The van der Waals surface area contributed by atoms with Crippen molar-refractivity contribution in [1.82, 2.24) is 15.3 Å². The molecule has 1 atom stereocenters. The summed E-state index contributed by atoms with van der Waals surface area (Å²) in [6.45, 7) is 1.73. The van der Waals surface area contributed by atoms with E-state index in [9.17, 15) is 9.59 Å². The van der Waals surface area contributed by atoms with Gasteiger partial charge in [-0.15, -0.1) is 0 Å². The van der Waals surface area contributed by atoms with Gasteiger partial charge in [-0.05, 0) is 32.1 Å². The third-order valence-corrected chi connectivity index (χ3v) is 4.81. The largest absolute Gasteiger partial charge is 0.378 e. The molecule has 2 aliphatic rings. The van der Waals surface area contributed by atoms with Gasteiger partial charge in [0, 0.05) is 38.2 Å². The first kappa shape index (κ1) is 17.7. The summed E-state index contributed by atoms with van der Waals surface area (Å²) in [5.41, 5.74) is 0.426. The zero-order valence-corrected chi connectivity index (χ0v) is 14.7. The SMILES string of the molecule is COCc1cc(=O)[nH]c(N2CCC(NC(=O)C3CCC=CCC3)C2)n1. The fourth-order valence-corrected chi connectivity index (χ4v) is 3.49. The minimum Gasteiger partial charge on any atom is -0.378 e. The lowest BCUT2D eigenvalue weighted by molar-refractivity contribution is -0.125. The second-order valence-electron chi connectivity index (χ2n) is 6.76. The number of ether oxygens (including phenoxy) is 1. The Hall–Kier alpha value is -2.15. The summed E-state index contributed by atoms with van der Waals surface area (Å²) in [5.74, 6) is 0.812. The quantitative estimate of drug-likeness (QED) is 0.786. The molecule has 0 radical (unpaired) electrons. The molecule has 1 saturated heterocycles. The van der Waals surface area contributed by atoms with Crippen molar-refractivity contribution in [1.29, 1.82) is 0 Å². The Morgan fingerprint density at radius 3 is 2.84 bits per heavy atom. The number of methoxy groups -OCH3 is 1. The first-order valence-corrected chi connectivity index (χ1v) is 8.95. The van der Waals surface area contributed by atoms with Crippen LogP contribution in [0.2, 0.25) is 0 Å². The van der Waals surface area contributed by atoms with Crippen LogP contribution in [0.25, 0.3) is 0 Å². The number of H-pyrrole nitrogens is 1. The van der Waals surface area contributed by atoms with E-state index in [0.717, 1.165) is 38.6 Å². The number of nitrogens with one attached hydrogen (secondary N) is 2. The van der Waals surface area contributed by atoms with Crippen LogP contribution in [0.4, 0.5) is 5.95 Å². The van der Waals surface area contributed by atoms with E-state index in [1.54, 1.807) is 7.11 Å². The fourth-order valence-electron chi connectivity index (χ4n) is 3.49. The number of anilines is 1. The van der Waals surface area contributed by atoms with E-state index in [2.05, 4.69) is 27.4 Å². The highest BCUT2D eigenvalue weighted by Gasteiger charge is 2.28. The molecule has 0 spiro atoms. The summed E-state index contributed by atoms with van der Waals surface area (Å²) < 4.78 is 5.06. The lowest BCUT2D eigenvalue weighted by Gasteiger charge is -2.20. The number of aromatic amines is 1. The Bertz CT molecular complexity index is 675. The molecule has 0 bridgehead atoms. The number of nitrogens with zero attached hydrogens (tertiary/aromatic N) is 2. The molecule has 1 aliphatic carbocycles. The number of aromatic nitrogens is 2. The summed E-state index contributed by atoms with van der Waals surface area (Å²) in [5, 5.41) is 3.18. The van der Waals surface area contributed by atoms with Gasteiger partial charge in [0.1, 0.15) is 0 Å². The number of hydrogen-bond donors (Lipinski definition) is 2. The molecule has 0 saturated carbocycles. The summed E-state index contributed by atoms with van der Waals surface area (Å²) >= 11 is 0. The monoisotopic (exact) mass is 346 g/mol. The molecule has 0 aromatic carbocycles. The van der Waals surface area contributed by atoms with E-state index in [0.29, 0.717) is 24.8 Å². The van der Waals surface area contributed by atoms with Crippen molar-refractivity contribution < 1.29 is 9.53 Å². The van der Waals surface area contributed by atoms with Gasteiger partial charge in [0.25, 0.3) is 5.56 Å². The first-order chi connectivity index (χ1) is 12.2. The topological polar surface area (TPSA) is 87.3 Å². The van der Waals surface area contributed by atoms with E-state index in [1.807, 2.05) is 4.90 Å². The van der Waals surface area contributed by atoms with Crippen LogP contribution >= 0.6 is 0 Å². The summed E-state index contributed by atoms with van der Waals surface area (Å²) in [4.78, 5) is 33.5. The van der Waals surface area contributed by atoms with E-state index >= 15 is 0 Å². The zero-order valence-electron chi connectivity index (χ0n) is 14.7. The minimum atomic E-state index is -0.185. The third kappa shape index (κ3) is 4.69. The summed E-state index contributed by atoms with van der Waals surface area (Å²) in [6, 6.07) is 1.54. The Morgan fingerprint density at radius 1 is 1.36 bits per heavy atom. The summed E-state index contributed by atoms with van der Waals surface area (Å²) in [6.07, 6.45) is 8.99. The van der Waals surface area contributed by atoms with Gasteiger partial charge in [-0.3, -0.25) is 14.6 Å². The molecule has 7 heteroatoms. The fraction of sp³-hybridized carbons (Fsp3) is 0.611. The van der Waals surface area contributed by atoms with Crippen molar-refractivity contribution >= 4 is 11.9 Å². The van der Waals surface area contributed by atoms with Crippen LogP contribution < -0.4 is 15.8 Å². The molecule has 136 valence electrons. The summed E-state index contributed by atoms with van der Waals surface area (Å²) in [7, 11) is 1.58. The van der Waals surface area contributed by atoms with Crippen LogP contribution in [0.15, 0.2) is 23.0 Å². The number of rotatable bonds is 5. The maximum absolute atomic E-state index is 12.5. The average molecular weight is 346 g/mol. The van der Waals surface area contributed by atoms with Gasteiger partial charge in [-0.2, -0.15) is 0 Å². The average Bonchev–Trinajstić information content (AvgIpc) is 2.87. The maximum Gasteiger partial charge on any atom is 0.252 e. The molecule has 1 amide bonds. The smallest absolute Gasteiger partial charge is 0.252 e. The second-order valence-corrected chi connectivity index (χ2v) is 6.76. The number of carbonyl (C=O) groups is 1. The number of amides is 1. The molecule has 1 aliphatic heterocycles. The van der Waals surface area contributed by atoms with Crippen LogP contribution in [0.5, 0.6) is 0 Å². The Labute approximate surface area is 147 Å². The predicted octanol–water partition coefficient (Wildman–Crippen LogP) is 1.36. The lowest BCUT2D eigenvalue weighted by Crippen LogP contribution is -2.40. The highest BCUT2D eigenvalue weighted by Crippen LogP contribution is 2.20. The number of carbonyl (C=O) groups excluding carboxylic acids is 1. The zero-order chi connectivity index (χ0) is 17.6. The van der Waals surface area contributed by atoms with Gasteiger partial charge in [0.05, 0.1) is 12.3 Å².